The Bertz CT molecular complexity index is 68.2. The number of nitrogens with one attached hydrogen (secondary N) is 1. The van der Waals surface area contributed by atoms with Crippen LogP contribution in [0.25, 0.3) is 0 Å². The summed E-state index contributed by atoms with van der Waals surface area (Å²) in [5.74, 6) is 0. The molecule has 1 heterocycles. The van der Waals surface area contributed by atoms with Crippen LogP contribution in [0.1, 0.15) is 27.2 Å². The zero-order valence-corrected chi connectivity index (χ0v) is 5.28. The second-order valence-electron chi connectivity index (χ2n) is 3.13. The van der Waals surface area contributed by atoms with E-state index < -0.39 is 0 Å². The third-order valence-electron chi connectivity index (χ3n) is 1.45. The summed E-state index contributed by atoms with van der Waals surface area (Å²) >= 11 is 0. The maximum Gasteiger partial charge on any atom is 0.0142 e. The Kier molecular flexibility index (Phi) is 0.890. The molecule has 0 aromatic rings. The quantitative estimate of drug-likeness (QED) is 0.480. The first-order valence-electron chi connectivity index (χ1n) is 2.88. The highest BCUT2D eigenvalue weighted by Gasteiger charge is 2.31. The van der Waals surface area contributed by atoms with Crippen molar-refractivity contribution in [3.05, 3.63) is 0 Å². The summed E-state index contributed by atoms with van der Waals surface area (Å²) in [6.45, 7) is 6.67. The van der Waals surface area contributed by atoms with Gasteiger partial charge in [0.15, 0.2) is 0 Å². The predicted molar refractivity (Wildman–Crippen MR) is 31.3 cm³/mol. The van der Waals surface area contributed by atoms with Gasteiger partial charge < -0.3 is 5.32 Å². The molecule has 0 amide bonds. The smallest absolute Gasteiger partial charge is 0.0142 e. The lowest BCUT2D eigenvalue weighted by Gasteiger charge is -2.42. The van der Waals surface area contributed by atoms with Gasteiger partial charge >= 0.3 is 0 Å². The van der Waals surface area contributed by atoms with E-state index in [-0.39, 0.29) is 0 Å². The summed E-state index contributed by atoms with van der Waals surface area (Å²) in [5, 5.41) is 3.38. The first-order chi connectivity index (χ1) is 3.10. The van der Waals surface area contributed by atoms with Crippen molar-refractivity contribution in [2.75, 3.05) is 0 Å². The average Bonchev–Trinajstić information content (AvgIpc) is 1.27. The molecule has 0 spiro atoms. The molecule has 1 aliphatic heterocycles. The first kappa shape index (κ1) is 5.10. The highest BCUT2D eigenvalue weighted by atomic mass is 15.1. The Morgan fingerprint density at radius 2 is 2.00 bits per heavy atom. The number of rotatable bonds is 0. The summed E-state index contributed by atoms with van der Waals surface area (Å²) in [5.41, 5.74) is 0.444. The van der Waals surface area contributed by atoms with Gasteiger partial charge in [0.05, 0.1) is 0 Å². The lowest BCUT2D eigenvalue weighted by Crippen LogP contribution is -2.58. The van der Waals surface area contributed by atoms with Crippen molar-refractivity contribution in [3.63, 3.8) is 0 Å². The molecule has 0 bridgehead atoms. The maximum atomic E-state index is 3.38. The number of hydrogen-bond acceptors (Lipinski definition) is 1. The third-order valence-corrected chi connectivity index (χ3v) is 1.45. The second-order valence-corrected chi connectivity index (χ2v) is 3.13. The molecule has 1 N–H and O–H groups in total. The van der Waals surface area contributed by atoms with Gasteiger partial charge in [0.2, 0.25) is 0 Å². The fraction of sp³-hybridized carbons (Fsp3) is 1.00. The van der Waals surface area contributed by atoms with Crippen LogP contribution in [-0.4, -0.2) is 11.6 Å². The molecule has 1 heteroatoms. The zero-order chi connectivity index (χ0) is 5.49. The molecule has 1 aliphatic rings. The number of hydrogen-bond donors (Lipinski definition) is 1. The molecule has 1 saturated heterocycles. The van der Waals surface area contributed by atoms with E-state index in [0.717, 1.165) is 6.04 Å². The minimum absolute atomic E-state index is 0.444. The average molecular weight is 99.2 g/mol. The van der Waals surface area contributed by atoms with Crippen molar-refractivity contribution in [1.82, 2.24) is 5.32 Å². The molecule has 0 radical (unpaired) electrons. The normalized spacial score (nSPS) is 37.3. The van der Waals surface area contributed by atoms with Crippen molar-refractivity contribution in [2.24, 2.45) is 0 Å². The Hall–Kier alpha value is -0.0400. The lowest BCUT2D eigenvalue weighted by atomic mass is 9.86. The van der Waals surface area contributed by atoms with Crippen molar-refractivity contribution in [2.45, 2.75) is 38.8 Å². The van der Waals surface area contributed by atoms with Gasteiger partial charge in [-0.1, -0.05) is 0 Å². The molecular weight excluding hydrogens is 86.1 g/mol. The third kappa shape index (κ3) is 0.942. The molecule has 1 nitrogen and oxygen atoms in total. The minimum Gasteiger partial charge on any atom is -0.309 e. The summed E-state index contributed by atoms with van der Waals surface area (Å²) in [4.78, 5) is 0. The van der Waals surface area contributed by atoms with Crippen LogP contribution in [0.15, 0.2) is 0 Å². The SMILES string of the molecule is C[C@@H]1CC(C)(C)N1. The molecule has 0 saturated carbocycles. The molecule has 0 aromatic carbocycles. The van der Waals surface area contributed by atoms with E-state index in [1.54, 1.807) is 0 Å². The van der Waals surface area contributed by atoms with Crippen molar-refractivity contribution >= 4 is 0 Å². The van der Waals surface area contributed by atoms with E-state index in [4.69, 9.17) is 0 Å². The molecule has 42 valence electrons. The van der Waals surface area contributed by atoms with Crippen LogP contribution in [0.3, 0.4) is 0 Å². The Balaban J connectivity index is 2.29. The van der Waals surface area contributed by atoms with E-state index in [0.29, 0.717) is 5.54 Å². The molecule has 0 aromatic heterocycles. The van der Waals surface area contributed by atoms with Gasteiger partial charge in [0, 0.05) is 11.6 Å². The van der Waals surface area contributed by atoms with E-state index in [2.05, 4.69) is 26.1 Å². The zero-order valence-electron chi connectivity index (χ0n) is 5.28. The Morgan fingerprint density at radius 3 is 2.00 bits per heavy atom. The standard InChI is InChI=1S/C6H13N/c1-5-4-6(2,3)7-5/h5,7H,4H2,1-3H3/t5-/m1/s1. The van der Waals surface area contributed by atoms with Crippen molar-refractivity contribution < 1.29 is 0 Å². The minimum atomic E-state index is 0.444. The van der Waals surface area contributed by atoms with Crippen LogP contribution in [0.5, 0.6) is 0 Å². The molecule has 7 heavy (non-hydrogen) atoms. The van der Waals surface area contributed by atoms with Crippen molar-refractivity contribution in [1.29, 1.82) is 0 Å². The van der Waals surface area contributed by atoms with Crippen LogP contribution in [0.2, 0.25) is 0 Å². The predicted octanol–water partition coefficient (Wildman–Crippen LogP) is 1.15. The summed E-state index contributed by atoms with van der Waals surface area (Å²) < 4.78 is 0. The highest BCUT2D eigenvalue weighted by Crippen LogP contribution is 2.21. The first-order valence-corrected chi connectivity index (χ1v) is 2.88. The van der Waals surface area contributed by atoms with Gasteiger partial charge in [-0.25, -0.2) is 0 Å². The fourth-order valence-corrected chi connectivity index (χ4v) is 1.41. The maximum absolute atomic E-state index is 3.38. The van der Waals surface area contributed by atoms with Crippen LogP contribution < -0.4 is 5.32 Å². The summed E-state index contributed by atoms with van der Waals surface area (Å²) in [6.07, 6.45) is 1.33. The summed E-state index contributed by atoms with van der Waals surface area (Å²) in [7, 11) is 0. The monoisotopic (exact) mass is 99.1 g/mol. The lowest BCUT2D eigenvalue weighted by molar-refractivity contribution is 0.189. The van der Waals surface area contributed by atoms with Gasteiger partial charge in [-0.05, 0) is 27.2 Å². The van der Waals surface area contributed by atoms with Gasteiger partial charge in [0.1, 0.15) is 0 Å². The Labute approximate surface area is 45.1 Å². The van der Waals surface area contributed by atoms with Crippen LogP contribution in [0, 0.1) is 0 Å². The van der Waals surface area contributed by atoms with E-state index >= 15 is 0 Å². The van der Waals surface area contributed by atoms with Gasteiger partial charge in [-0.3, -0.25) is 0 Å². The highest BCUT2D eigenvalue weighted by molar-refractivity contribution is 4.93. The second kappa shape index (κ2) is 1.22. The Morgan fingerprint density at radius 1 is 1.57 bits per heavy atom. The molecule has 0 aliphatic carbocycles. The summed E-state index contributed by atoms with van der Waals surface area (Å²) in [6, 6.07) is 0.759. The topological polar surface area (TPSA) is 12.0 Å². The van der Waals surface area contributed by atoms with Gasteiger partial charge in [-0.15, -0.1) is 0 Å². The van der Waals surface area contributed by atoms with E-state index in [1.807, 2.05) is 0 Å². The molecule has 1 fully saturated rings. The van der Waals surface area contributed by atoms with Crippen LogP contribution >= 0.6 is 0 Å². The van der Waals surface area contributed by atoms with Crippen molar-refractivity contribution in [3.8, 4) is 0 Å². The van der Waals surface area contributed by atoms with Gasteiger partial charge in [0.25, 0.3) is 0 Å². The molecular formula is C6H13N. The molecule has 1 rings (SSSR count). The van der Waals surface area contributed by atoms with Crippen LogP contribution in [-0.2, 0) is 0 Å². The van der Waals surface area contributed by atoms with E-state index in [1.165, 1.54) is 6.42 Å². The van der Waals surface area contributed by atoms with Crippen LogP contribution in [0.4, 0.5) is 0 Å². The largest absolute Gasteiger partial charge is 0.309 e. The van der Waals surface area contributed by atoms with E-state index in [9.17, 15) is 0 Å². The fourth-order valence-electron chi connectivity index (χ4n) is 1.41. The molecule has 0 unspecified atom stereocenters. The molecule has 1 atom stereocenters. The van der Waals surface area contributed by atoms with Gasteiger partial charge in [-0.2, -0.15) is 0 Å².